The molecule has 0 rings (SSSR count). The minimum Gasteiger partial charge on any atom is -0.462 e. The van der Waals surface area contributed by atoms with Crippen LogP contribution in [0.4, 0.5) is 0 Å². The predicted molar refractivity (Wildman–Crippen MR) is 344 cm³/mol. The Morgan fingerprint density at radius 1 is 0.326 bits per heavy atom. The van der Waals surface area contributed by atoms with Gasteiger partial charge in [-0.05, 0) is 49.4 Å². The van der Waals surface area contributed by atoms with E-state index >= 15 is 0 Å². The lowest BCUT2D eigenvalue weighted by atomic mass is 9.99. The third-order valence-corrected chi connectivity index (χ3v) is 17.9. The van der Waals surface area contributed by atoms with E-state index in [4.69, 9.17) is 37.0 Å². The van der Waals surface area contributed by atoms with Gasteiger partial charge in [0, 0.05) is 25.7 Å². The first-order valence-corrected chi connectivity index (χ1v) is 37.8. The molecule has 5 unspecified atom stereocenters. The standard InChI is InChI=1S/C67H130O17P2/c1-9-59(7)45-37-29-21-13-11-12-14-23-33-41-49-66(71)83-62(53-77-64(69)47-39-31-25-17-19-27-35-43-57(3)4)55-81-85(73,74)79-51-61(68)52-80-86(75,76)82-56-63(54-78-65(70)48-40-32-26-18-20-28-36-44-58(5)6)84-67(72)50-42-34-24-16-15-22-30-38-46-60(8)10-2/h57-63,68H,9-56H2,1-8H3,(H,73,74)(H,75,76)/t59?,60?,61?,62-,63-/m1/s1. The Morgan fingerprint density at radius 3 is 0.826 bits per heavy atom. The number of carbonyl (C=O) groups is 4. The second-order valence-electron chi connectivity index (χ2n) is 25.6. The number of phosphoric acid groups is 2. The van der Waals surface area contributed by atoms with Gasteiger partial charge < -0.3 is 33.8 Å². The van der Waals surface area contributed by atoms with E-state index in [0.717, 1.165) is 115 Å². The van der Waals surface area contributed by atoms with Gasteiger partial charge in [0.05, 0.1) is 26.4 Å². The zero-order valence-electron chi connectivity index (χ0n) is 55.9. The first-order valence-electron chi connectivity index (χ1n) is 34.8. The molecule has 0 amide bonds. The quantitative estimate of drug-likeness (QED) is 0.0222. The summed E-state index contributed by atoms with van der Waals surface area (Å²) in [6, 6.07) is 0. The summed E-state index contributed by atoms with van der Waals surface area (Å²) in [4.78, 5) is 72.4. The molecule has 0 aliphatic rings. The number of aliphatic hydroxyl groups excluding tert-OH is 1. The second kappa shape index (κ2) is 57.0. The van der Waals surface area contributed by atoms with E-state index in [1.807, 2.05) is 0 Å². The van der Waals surface area contributed by atoms with Crippen molar-refractivity contribution < 1.29 is 80.2 Å². The first kappa shape index (κ1) is 84.1. The second-order valence-corrected chi connectivity index (χ2v) is 28.6. The average Bonchev–Trinajstić information content (AvgIpc) is 3.68. The van der Waals surface area contributed by atoms with Crippen molar-refractivity contribution in [1.29, 1.82) is 0 Å². The molecular weight excluding hydrogens is 1140 g/mol. The molecule has 0 radical (unpaired) electrons. The molecule has 0 saturated carbocycles. The fourth-order valence-electron chi connectivity index (χ4n) is 9.89. The molecule has 0 aromatic rings. The van der Waals surface area contributed by atoms with E-state index in [0.29, 0.717) is 37.5 Å². The van der Waals surface area contributed by atoms with Gasteiger partial charge in [-0.15, -0.1) is 0 Å². The number of unbranched alkanes of at least 4 members (excludes halogenated alkanes) is 28. The molecule has 0 bridgehead atoms. The summed E-state index contributed by atoms with van der Waals surface area (Å²) in [6.45, 7) is 14.0. The Kier molecular flexibility index (Phi) is 55.7. The molecule has 0 aromatic heterocycles. The molecule has 0 aliphatic heterocycles. The maximum absolute atomic E-state index is 13.0. The van der Waals surface area contributed by atoms with Crippen molar-refractivity contribution in [1.82, 2.24) is 0 Å². The normalized spacial score (nSPS) is 15.0. The van der Waals surface area contributed by atoms with Gasteiger partial charge >= 0.3 is 39.5 Å². The van der Waals surface area contributed by atoms with E-state index in [2.05, 4.69) is 55.4 Å². The monoisotopic (exact) mass is 1270 g/mol. The Hall–Kier alpha value is -1.94. The number of esters is 4. The topological polar surface area (TPSA) is 237 Å². The summed E-state index contributed by atoms with van der Waals surface area (Å²) in [5.74, 6) is 0.846. The third kappa shape index (κ3) is 58.4. The van der Waals surface area contributed by atoms with Gasteiger partial charge in [0.15, 0.2) is 12.2 Å². The fraction of sp³-hybridized carbons (Fsp3) is 0.940. The highest BCUT2D eigenvalue weighted by atomic mass is 31.2. The number of rotatable bonds is 64. The van der Waals surface area contributed by atoms with Crippen LogP contribution in [0.3, 0.4) is 0 Å². The van der Waals surface area contributed by atoms with Gasteiger partial charge in [-0.3, -0.25) is 37.3 Å². The summed E-state index contributed by atoms with van der Waals surface area (Å²) < 4.78 is 68.1. The third-order valence-electron chi connectivity index (χ3n) is 16.0. The predicted octanol–water partition coefficient (Wildman–Crippen LogP) is 18.5. The number of hydrogen-bond acceptors (Lipinski definition) is 15. The lowest BCUT2D eigenvalue weighted by molar-refractivity contribution is -0.161. The highest BCUT2D eigenvalue weighted by molar-refractivity contribution is 7.47. The van der Waals surface area contributed by atoms with Crippen LogP contribution in [0.2, 0.25) is 0 Å². The minimum absolute atomic E-state index is 0.103. The number of ether oxygens (including phenoxy) is 4. The van der Waals surface area contributed by atoms with Crippen LogP contribution in [0.15, 0.2) is 0 Å². The van der Waals surface area contributed by atoms with Crippen LogP contribution in [0.1, 0.15) is 325 Å². The zero-order chi connectivity index (χ0) is 63.9. The molecule has 510 valence electrons. The molecule has 0 heterocycles. The van der Waals surface area contributed by atoms with Crippen molar-refractivity contribution in [2.24, 2.45) is 23.7 Å². The molecule has 3 N–H and O–H groups in total. The van der Waals surface area contributed by atoms with Gasteiger partial charge in [-0.1, -0.05) is 274 Å². The maximum Gasteiger partial charge on any atom is 0.472 e. The first-order chi connectivity index (χ1) is 41.2. The lowest BCUT2D eigenvalue weighted by Crippen LogP contribution is -2.30. The molecular formula is C67H130O17P2. The Labute approximate surface area is 524 Å². The van der Waals surface area contributed by atoms with Crippen molar-refractivity contribution in [3.63, 3.8) is 0 Å². The van der Waals surface area contributed by atoms with Crippen LogP contribution in [0, 0.1) is 23.7 Å². The maximum atomic E-state index is 13.0. The van der Waals surface area contributed by atoms with Crippen LogP contribution in [0.5, 0.6) is 0 Å². The van der Waals surface area contributed by atoms with Crippen LogP contribution >= 0.6 is 15.6 Å². The molecule has 0 fully saturated rings. The van der Waals surface area contributed by atoms with Crippen molar-refractivity contribution in [3.8, 4) is 0 Å². The minimum atomic E-state index is -4.95. The van der Waals surface area contributed by atoms with E-state index in [1.54, 1.807) is 0 Å². The molecule has 19 heteroatoms. The molecule has 0 saturated heterocycles. The Balaban J connectivity index is 5.27. The van der Waals surface area contributed by atoms with E-state index < -0.39 is 97.5 Å². The van der Waals surface area contributed by atoms with E-state index in [1.165, 1.54) is 116 Å². The van der Waals surface area contributed by atoms with E-state index in [-0.39, 0.29) is 25.7 Å². The molecule has 0 aliphatic carbocycles. The molecule has 0 aromatic carbocycles. The highest BCUT2D eigenvalue weighted by Gasteiger charge is 2.30. The summed E-state index contributed by atoms with van der Waals surface area (Å²) in [5.41, 5.74) is 0. The van der Waals surface area contributed by atoms with Crippen molar-refractivity contribution in [3.05, 3.63) is 0 Å². The molecule has 86 heavy (non-hydrogen) atoms. The number of aliphatic hydroxyl groups is 1. The van der Waals surface area contributed by atoms with Crippen LogP contribution < -0.4 is 0 Å². The summed E-state index contributed by atoms with van der Waals surface area (Å²) in [6.07, 6.45) is 37.6. The summed E-state index contributed by atoms with van der Waals surface area (Å²) in [7, 11) is -9.90. The number of hydrogen-bond donors (Lipinski definition) is 3. The van der Waals surface area contributed by atoms with Crippen molar-refractivity contribution in [2.75, 3.05) is 39.6 Å². The zero-order valence-corrected chi connectivity index (χ0v) is 57.7. The largest absolute Gasteiger partial charge is 0.472 e. The lowest BCUT2D eigenvalue weighted by Gasteiger charge is -2.21. The van der Waals surface area contributed by atoms with Crippen LogP contribution in [-0.2, 0) is 65.4 Å². The number of carbonyl (C=O) groups excluding carboxylic acids is 4. The molecule has 17 nitrogen and oxygen atoms in total. The summed E-state index contributed by atoms with van der Waals surface area (Å²) >= 11 is 0. The van der Waals surface area contributed by atoms with Crippen LogP contribution in [-0.4, -0.2) is 96.7 Å². The SMILES string of the molecule is CCC(C)CCCCCCCCCCCCC(=O)O[C@H](COC(=O)CCCCCCCCCC(C)C)COP(=O)(O)OCC(O)COP(=O)(O)OC[C@@H](COC(=O)CCCCCCCCCC(C)C)OC(=O)CCCCCCCCCCC(C)CC. The van der Waals surface area contributed by atoms with Crippen LogP contribution in [0.25, 0.3) is 0 Å². The highest BCUT2D eigenvalue weighted by Crippen LogP contribution is 2.45. The average molecular weight is 1270 g/mol. The van der Waals surface area contributed by atoms with Crippen molar-refractivity contribution in [2.45, 2.75) is 343 Å². The van der Waals surface area contributed by atoms with Gasteiger partial charge in [0.25, 0.3) is 0 Å². The Bertz CT molecular complexity index is 1720. The Morgan fingerprint density at radius 2 is 0.558 bits per heavy atom. The molecule has 7 atom stereocenters. The fourth-order valence-corrected chi connectivity index (χ4v) is 11.5. The smallest absolute Gasteiger partial charge is 0.462 e. The van der Waals surface area contributed by atoms with Gasteiger partial charge in [-0.25, -0.2) is 9.13 Å². The van der Waals surface area contributed by atoms with Gasteiger partial charge in [-0.2, -0.15) is 0 Å². The van der Waals surface area contributed by atoms with Crippen molar-refractivity contribution >= 4 is 39.5 Å². The van der Waals surface area contributed by atoms with E-state index in [9.17, 15) is 43.2 Å². The van der Waals surface area contributed by atoms with Gasteiger partial charge in [0.2, 0.25) is 0 Å². The number of phosphoric ester groups is 2. The van der Waals surface area contributed by atoms with Gasteiger partial charge in [0.1, 0.15) is 19.3 Å². The molecule has 0 spiro atoms. The summed E-state index contributed by atoms with van der Waals surface area (Å²) in [5, 5.41) is 10.6.